The number of aliphatic carboxylic acids is 2. The molecule has 0 aromatic heterocycles. The highest BCUT2D eigenvalue weighted by molar-refractivity contribution is 8.00. The Balaban J connectivity index is 3.85. The molecular formula is C21H39NO4S. The van der Waals surface area contributed by atoms with Crippen LogP contribution in [0.1, 0.15) is 90.4 Å². The number of carboxylic acid groups (broad SMARTS) is 2. The zero-order valence-corrected chi connectivity index (χ0v) is 17.7. The molecule has 0 radical (unpaired) electrons. The molecule has 0 amide bonds. The van der Waals surface area contributed by atoms with Gasteiger partial charge in [-0.1, -0.05) is 76.9 Å². The monoisotopic (exact) mass is 401 g/mol. The van der Waals surface area contributed by atoms with E-state index in [1.54, 1.807) is 0 Å². The van der Waals surface area contributed by atoms with Gasteiger partial charge in [0.2, 0.25) is 0 Å². The number of rotatable bonds is 19. The summed E-state index contributed by atoms with van der Waals surface area (Å²) in [6, 6.07) is -0.905. The van der Waals surface area contributed by atoms with Crippen molar-refractivity contribution in [3.8, 4) is 0 Å². The van der Waals surface area contributed by atoms with E-state index in [0.717, 1.165) is 12.8 Å². The Morgan fingerprint density at radius 3 is 2.04 bits per heavy atom. The molecule has 5 nitrogen and oxygen atoms in total. The van der Waals surface area contributed by atoms with Crippen LogP contribution in [0.15, 0.2) is 12.2 Å². The summed E-state index contributed by atoms with van der Waals surface area (Å²) >= 11 is 1.43. The molecule has 0 saturated carbocycles. The second kappa shape index (κ2) is 18.4. The van der Waals surface area contributed by atoms with Crippen molar-refractivity contribution < 1.29 is 19.8 Å². The molecule has 2 unspecified atom stereocenters. The second-order valence-corrected chi connectivity index (χ2v) is 8.42. The van der Waals surface area contributed by atoms with Crippen molar-refractivity contribution in [1.82, 2.24) is 0 Å². The summed E-state index contributed by atoms with van der Waals surface area (Å²) in [6.07, 6.45) is 18.8. The quantitative estimate of drug-likeness (QED) is 0.202. The Bertz CT molecular complexity index is 415. The molecule has 2 atom stereocenters. The van der Waals surface area contributed by atoms with Gasteiger partial charge in [-0.25, -0.2) is 0 Å². The number of unbranched alkanes of at least 4 members (excludes halogenated alkanes) is 10. The number of allylic oxidation sites excluding steroid dienone is 1. The van der Waals surface area contributed by atoms with Crippen LogP contribution in [0, 0.1) is 0 Å². The molecule has 0 fully saturated rings. The topological polar surface area (TPSA) is 101 Å². The molecular weight excluding hydrogens is 362 g/mol. The molecule has 0 aromatic rings. The maximum atomic E-state index is 10.8. The van der Waals surface area contributed by atoms with Gasteiger partial charge in [0.1, 0.15) is 6.04 Å². The number of carboxylic acids is 2. The van der Waals surface area contributed by atoms with E-state index in [1.165, 1.54) is 69.5 Å². The Labute approximate surface area is 169 Å². The fourth-order valence-corrected chi connectivity index (χ4v) is 3.90. The van der Waals surface area contributed by atoms with Gasteiger partial charge >= 0.3 is 11.9 Å². The van der Waals surface area contributed by atoms with Gasteiger partial charge in [0.25, 0.3) is 0 Å². The minimum absolute atomic E-state index is 0.00891. The highest BCUT2D eigenvalue weighted by Gasteiger charge is 2.15. The first-order chi connectivity index (χ1) is 13.0. The van der Waals surface area contributed by atoms with Gasteiger partial charge in [0.15, 0.2) is 0 Å². The van der Waals surface area contributed by atoms with Gasteiger partial charge in [0.05, 0.1) is 0 Å². The largest absolute Gasteiger partial charge is 0.481 e. The van der Waals surface area contributed by atoms with Gasteiger partial charge in [-0.3, -0.25) is 9.59 Å². The number of hydrogen-bond donors (Lipinski definition) is 3. The standard InChI is InChI=1S/C21H39NO4S/c1-2-3-4-5-6-7-8-9-10-11-12-13-14-18(15-16-20(23)24)27-17-19(22)21(25)26/h13-14,18-19H,2-12,15-17,22H2,1H3,(H,23,24)(H,25,26)/b14-13-. The van der Waals surface area contributed by atoms with E-state index in [-0.39, 0.29) is 11.7 Å². The first-order valence-electron chi connectivity index (χ1n) is 10.5. The maximum Gasteiger partial charge on any atom is 0.321 e. The smallest absolute Gasteiger partial charge is 0.321 e. The Kier molecular flexibility index (Phi) is 17.7. The van der Waals surface area contributed by atoms with Crippen molar-refractivity contribution in [3.63, 3.8) is 0 Å². The highest BCUT2D eigenvalue weighted by Crippen LogP contribution is 2.20. The zero-order chi connectivity index (χ0) is 20.3. The van der Waals surface area contributed by atoms with Crippen LogP contribution in [0.2, 0.25) is 0 Å². The summed E-state index contributed by atoms with van der Waals surface area (Å²) in [5.41, 5.74) is 5.53. The third-order valence-electron chi connectivity index (χ3n) is 4.52. The summed E-state index contributed by atoms with van der Waals surface area (Å²) in [6.45, 7) is 2.24. The first kappa shape index (κ1) is 26.0. The highest BCUT2D eigenvalue weighted by atomic mass is 32.2. The number of nitrogens with two attached hydrogens (primary N) is 1. The summed E-state index contributed by atoms with van der Waals surface area (Å²) in [5, 5.41) is 17.7. The SMILES string of the molecule is CCCCCCCCCCCC/C=C\C(CCC(=O)O)SCC(N)C(=O)O. The number of carbonyl (C=O) groups is 2. The summed E-state index contributed by atoms with van der Waals surface area (Å²) in [4.78, 5) is 21.6. The molecule has 0 aliphatic heterocycles. The summed E-state index contributed by atoms with van der Waals surface area (Å²) < 4.78 is 0. The Hall–Kier alpha value is -1.01. The molecule has 27 heavy (non-hydrogen) atoms. The van der Waals surface area contributed by atoms with Crippen LogP contribution in [-0.2, 0) is 9.59 Å². The molecule has 0 heterocycles. The van der Waals surface area contributed by atoms with Crippen molar-refractivity contribution in [2.75, 3.05) is 5.75 Å². The van der Waals surface area contributed by atoms with Gasteiger partial charge in [-0.15, -0.1) is 0 Å². The predicted octanol–water partition coefficient (Wildman–Crippen LogP) is 5.23. The van der Waals surface area contributed by atoms with Crippen molar-refractivity contribution in [2.45, 2.75) is 102 Å². The van der Waals surface area contributed by atoms with Crippen LogP contribution >= 0.6 is 11.8 Å². The average Bonchev–Trinajstić information content (AvgIpc) is 2.63. The van der Waals surface area contributed by atoms with Crippen LogP contribution in [0.3, 0.4) is 0 Å². The van der Waals surface area contributed by atoms with E-state index in [4.69, 9.17) is 15.9 Å². The molecule has 0 spiro atoms. The van der Waals surface area contributed by atoms with Crippen LogP contribution in [0.4, 0.5) is 0 Å². The van der Waals surface area contributed by atoms with Crippen LogP contribution < -0.4 is 5.73 Å². The molecule has 0 bridgehead atoms. The summed E-state index contributed by atoms with van der Waals surface area (Å²) in [7, 11) is 0. The lowest BCUT2D eigenvalue weighted by atomic mass is 10.1. The predicted molar refractivity (Wildman–Crippen MR) is 114 cm³/mol. The van der Waals surface area contributed by atoms with Crippen LogP contribution in [0.25, 0.3) is 0 Å². The van der Waals surface area contributed by atoms with Gasteiger partial charge < -0.3 is 15.9 Å². The molecule has 0 rings (SSSR count). The fraction of sp³-hybridized carbons (Fsp3) is 0.810. The van der Waals surface area contributed by atoms with E-state index < -0.39 is 18.0 Å². The van der Waals surface area contributed by atoms with Gasteiger partial charge in [0, 0.05) is 17.4 Å². The van der Waals surface area contributed by atoms with Crippen molar-refractivity contribution in [2.24, 2.45) is 5.73 Å². The fourth-order valence-electron chi connectivity index (χ4n) is 2.80. The minimum Gasteiger partial charge on any atom is -0.481 e. The van der Waals surface area contributed by atoms with Crippen molar-refractivity contribution >= 4 is 23.7 Å². The third kappa shape index (κ3) is 18.1. The number of thioether (sulfide) groups is 1. The lowest BCUT2D eigenvalue weighted by Crippen LogP contribution is -2.33. The van der Waals surface area contributed by atoms with E-state index in [9.17, 15) is 9.59 Å². The van der Waals surface area contributed by atoms with Crippen LogP contribution in [-0.4, -0.2) is 39.2 Å². The number of hydrogen-bond acceptors (Lipinski definition) is 4. The molecule has 0 saturated heterocycles. The lowest BCUT2D eigenvalue weighted by Gasteiger charge is -2.13. The van der Waals surface area contributed by atoms with Crippen molar-refractivity contribution in [3.05, 3.63) is 12.2 Å². The molecule has 0 aliphatic rings. The molecule has 158 valence electrons. The molecule has 0 aromatic carbocycles. The Morgan fingerprint density at radius 2 is 1.52 bits per heavy atom. The summed E-state index contributed by atoms with van der Waals surface area (Å²) in [5.74, 6) is -1.55. The first-order valence-corrected chi connectivity index (χ1v) is 11.5. The van der Waals surface area contributed by atoms with E-state index in [0.29, 0.717) is 12.2 Å². The van der Waals surface area contributed by atoms with Crippen LogP contribution in [0.5, 0.6) is 0 Å². The van der Waals surface area contributed by atoms with E-state index in [1.807, 2.05) is 6.08 Å². The van der Waals surface area contributed by atoms with Gasteiger partial charge in [-0.05, 0) is 19.3 Å². The second-order valence-electron chi connectivity index (χ2n) is 7.15. The molecule has 0 aliphatic carbocycles. The zero-order valence-electron chi connectivity index (χ0n) is 16.9. The average molecular weight is 402 g/mol. The minimum atomic E-state index is -1.02. The third-order valence-corrected chi connectivity index (χ3v) is 5.90. The van der Waals surface area contributed by atoms with E-state index >= 15 is 0 Å². The maximum absolute atomic E-state index is 10.8. The molecule has 4 N–H and O–H groups in total. The van der Waals surface area contributed by atoms with Crippen molar-refractivity contribution in [1.29, 1.82) is 0 Å². The lowest BCUT2D eigenvalue weighted by molar-refractivity contribution is -0.138. The van der Waals surface area contributed by atoms with E-state index in [2.05, 4.69) is 13.0 Å². The Morgan fingerprint density at radius 1 is 0.963 bits per heavy atom. The van der Waals surface area contributed by atoms with Gasteiger partial charge in [-0.2, -0.15) is 11.8 Å². The molecule has 6 heteroatoms. The normalized spacial score (nSPS) is 13.7.